The van der Waals surface area contributed by atoms with Crippen LogP contribution in [0.1, 0.15) is 6.42 Å². The monoisotopic (exact) mass is 333 g/mol. The lowest BCUT2D eigenvalue weighted by atomic mass is 10.3. The number of nitrogens with zero attached hydrogens (tertiary/aromatic N) is 3. The second kappa shape index (κ2) is 8.63. The second-order valence-electron chi connectivity index (χ2n) is 4.81. The second-order valence-corrected chi connectivity index (χ2v) is 4.81. The van der Waals surface area contributed by atoms with Gasteiger partial charge in [0.2, 0.25) is 11.6 Å². The SMILES string of the molecule is COCCCNc1ncnc(Nc2cccc(OC)c2)c1[N+](=O)[O-]. The third kappa shape index (κ3) is 4.53. The Morgan fingerprint density at radius 3 is 2.75 bits per heavy atom. The maximum absolute atomic E-state index is 11.4. The van der Waals surface area contributed by atoms with Crippen molar-refractivity contribution in [3.05, 3.63) is 40.7 Å². The molecule has 2 aromatic rings. The van der Waals surface area contributed by atoms with Gasteiger partial charge in [-0.1, -0.05) is 6.07 Å². The molecule has 0 saturated heterocycles. The summed E-state index contributed by atoms with van der Waals surface area (Å²) in [5.41, 5.74) is 0.416. The van der Waals surface area contributed by atoms with E-state index in [4.69, 9.17) is 9.47 Å². The summed E-state index contributed by atoms with van der Waals surface area (Å²) in [5.74, 6) is 0.906. The Labute approximate surface area is 139 Å². The molecule has 2 N–H and O–H groups in total. The maximum Gasteiger partial charge on any atom is 0.353 e. The zero-order valence-corrected chi connectivity index (χ0v) is 13.5. The smallest absolute Gasteiger partial charge is 0.353 e. The molecular weight excluding hydrogens is 314 g/mol. The number of nitro groups is 1. The Morgan fingerprint density at radius 2 is 2.04 bits per heavy atom. The molecule has 0 bridgehead atoms. The van der Waals surface area contributed by atoms with Crippen molar-refractivity contribution < 1.29 is 14.4 Å². The lowest BCUT2D eigenvalue weighted by molar-refractivity contribution is -0.383. The molecule has 2 rings (SSSR count). The van der Waals surface area contributed by atoms with Gasteiger partial charge in [0.15, 0.2) is 0 Å². The van der Waals surface area contributed by atoms with Crippen LogP contribution in [0.5, 0.6) is 5.75 Å². The van der Waals surface area contributed by atoms with E-state index in [1.165, 1.54) is 6.33 Å². The van der Waals surface area contributed by atoms with Gasteiger partial charge in [-0.25, -0.2) is 9.97 Å². The number of benzene rings is 1. The number of hydrogen-bond donors (Lipinski definition) is 2. The van der Waals surface area contributed by atoms with E-state index in [1.54, 1.807) is 38.5 Å². The van der Waals surface area contributed by atoms with Crippen LogP contribution in [0.15, 0.2) is 30.6 Å². The van der Waals surface area contributed by atoms with E-state index in [1.807, 2.05) is 0 Å². The number of rotatable bonds is 9. The molecule has 1 heterocycles. The molecule has 0 aliphatic carbocycles. The van der Waals surface area contributed by atoms with Crippen LogP contribution >= 0.6 is 0 Å². The van der Waals surface area contributed by atoms with E-state index < -0.39 is 4.92 Å². The van der Waals surface area contributed by atoms with E-state index in [0.29, 0.717) is 31.0 Å². The molecule has 0 fully saturated rings. The largest absolute Gasteiger partial charge is 0.497 e. The summed E-state index contributed by atoms with van der Waals surface area (Å²) in [6, 6.07) is 7.04. The number of aromatic nitrogens is 2. The molecule has 0 aliphatic heterocycles. The van der Waals surface area contributed by atoms with Crippen molar-refractivity contribution in [2.75, 3.05) is 38.0 Å². The van der Waals surface area contributed by atoms with Gasteiger partial charge in [0.25, 0.3) is 0 Å². The van der Waals surface area contributed by atoms with Gasteiger partial charge in [-0.3, -0.25) is 10.1 Å². The quantitative estimate of drug-likeness (QED) is 0.409. The van der Waals surface area contributed by atoms with Gasteiger partial charge >= 0.3 is 5.69 Å². The Morgan fingerprint density at radius 1 is 1.25 bits per heavy atom. The number of ether oxygens (including phenoxy) is 2. The van der Waals surface area contributed by atoms with Gasteiger partial charge < -0.3 is 20.1 Å². The molecule has 0 saturated carbocycles. The molecule has 24 heavy (non-hydrogen) atoms. The van der Waals surface area contributed by atoms with Crippen molar-refractivity contribution in [3.8, 4) is 5.75 Å². The molecule has 0 radical (unpaired) electrons. The molecule has 1 aromatic heterocycles. The lowest BCUT2D eigenvalue weighted by Gasteiger charge is -2.10. The number of anilines is 3. The number of hydrogen-bond acceptors (Lipinski definition) is 8. The third-order valence-electron chi connectivity index (χ3n) is 3.16. The molecule has 9 nitrogen and oxygen atoms in total. The highest BCUT2D eigenvalue weighted by Gasteiger charge is 2.22. The van der Waals surface area contributed by atoms with Gasteiger partial charge in [-0.15, -0.1) is 0 Å². The Bertz CT molecular complexity index is 695. The molecular formula is C15H19N5O4. The summed E-state index contributed by atoms with van der Waals surface area (Å²) in [7, 11) is 3.15. The Hall–Kier alpha value is -2.94. The first-order valence-corrected chi connectivity index (χ1v) is 7.29. The summed E-state index contributed by atoms with van der Waals surface area (Å²) in [5, 5.41) is 17.3. The standard InChI is InChI=1S/C15H19N5O4/c1-23-8-4-7-16-14-13(20(21)22)15(18-10-17-14)19-11-5-3-6-12(9-11)24-2/h3,5-6,9-10H,4,7-8H2,1-2H3,(H2,16,17,18,19). The van der Waals surface area contributed by atoms with Crippen LogP contribution in [0.3, 0.4) is 0 Å². The fourth-order valence-electron chi connectivity index (χ4n) is 2.03. The van der Waals surface area contributed by atoms with Crippen LogP contribution in [0.25, 0.3) is 0 Å². The highest BCUT2D eigenvalue weighted by Crippen LogP contribution is 2.31. The van der Waals surface area contributed by atoms with Gasteiger partial charge in [-0.2, -0.15) is 0 Å². The van der Waals surface area contributed by atoms with Gasteiger partial charge in [0, 0.05) is 32.0 Å². The van der Waals surface area contributed by atoms with Gasteiger partial charge in [0.1, 0.15) is 12.1 Å². The van der Waals surface area contributed by atoms with Crippen LogP contribution in [0.2, 0.25) is 0 Å². The fraction of sp³-hybridized carbons (Fsp3) is 0.333. The van der Waals surface area contributed by atoms with E-state index in [0.717, 1.165) is 0 Å². The predicted molar refractivity (Wildman–Crippen MR) is 89.9 cm³/mol. The summed E-state index contributed by atoms with van der Waals surface area (Å²) >= 11 is 0. The van der Waals surface area contributed by atoms with E-state index in [-0.39, 0.29) is 17.3 Å². The van der Waals surface area contributed by atoms with Crippen molar-refractivity contribution in [1.82, 2.24) is 9.97 Å². The van der Waals surface area contributed by atoms with Crippen LogP contribution < -0.4 is 15.4 Å². The molecule has 0 aliphatic rings. The molecule has 0 spiro atoms. The zero-order chi connectivity index (χ0) is 17.4. The first-order valence-electron chi connectivity index (χ1n) is 7.29. The van der Waals surface area contributed by atoms with E-state index in [2.05, 4.69) is 20.6 Å². The van der Waals surface area contributed by atoms with Crippen molar-refractivity contribution in [2.24, 2.45) is 0 Å². The van der Waals surface area contributed by atoms with Gasteiger partial charge in [-0.05, 0) is 18.6 Å². The van der Waals surface area contributed by atoms with Crippen LogP contribution in [-0.4, -0.2) is 42.3 Å². The van der Waals surface area contributed by atoms with Crippen molar-refractivity contribution in [3.63, 3.8) is 0 Å². The molecule has 128 valence electrons. The van der Waals surface area contributed by atoms with Crippen LogP contribution in [-0.2, 0) is 4.74 Å². The summed E-state index contributed by atoms with van der Waals surface area (Å²) < 4.78 is 10.1. The normalized spacial score (nSPS) is 10.2. The predicted octanol–water partition coefficient (Wildman–Crippen LogP) is 2.59. The number of methoxy groups -OCH3 is 2. The number of nitrogens with one attached hydrogen (secondary N) is 2. The molecule has 0 atom stereocenters. The minimum atomic E-state index is -0.513. The van der Waals surface area contributed by atoms with Crippen molar-refractivity contribution in [2.45, 2.75) is 6.42 Å². The zero-order valence-electron chi connectivity index (χ0n) is 13.5. The average molecular weight is 333 g/mol. The van der Waals surface area contributed by atoms with Crippen LogP contribution in [0, 0.1) is 10.1 Å². The van der Waals surface area contributed by atoms with Crippen molar-refractivity contribution >= 4 is 23.0 Å². The van der Waals surface area contributed by atoms with Crippen LogP contribution in [0.4, 0.5) is 23.0 Å². The van der Waals surface area contributed by atoms with Gasteiger partial charge in [0.05, 0.1) is 12.0 Å². The Balaban J connectivity index is 2.23. The Kier molecular flexibility index (Phi) is 6.26. The average Bonchev–Trinajstić information content (AvgIpc) is 2.59. The molecule has 0 amide bonds. The highest BCUT2D eigenvalue weighted by molar-refractivity contribution is 5.74. The molecule has 0 unspecified atom stereocenters. The first kappa shape index (κ1) is 17.4. The van der Waals surface area contributed by atoms with E-state index >= 15 is 0 Å². The van der Waals surface area contributed by atoms with E-state index in [9.17, 15) is 10.1 Å². The molecule has 1 aromatic carbocycles. The maximum atomic E-state index is 11.4. The summed E-state index contributed by atoms with van der Waals surface area (Å²) in [6.07, 6.45) is 1.98. The third-order valence-corrected chi connectivity index (χ3v) is 3.16. The lowest BCUT2D eigenvalue weighted by Crippen LogP contribution is -2.10. The fourth-order valence-corrected chi connectivity index (χ4v) is 2.03. The highest BCUT2D eigenvalue weighted by atomic mass is 16.6. The topological polar surface area (TPSA) is 111 Å². The van der Waals surface area contributed by atoms with Crippen molar-refractivity contribution in [1.29, 1.82) is 0 Å². The minimum absolute atomic E-state index is 0.109. The first-order chi connectivity index (χ1) is 11.7. The summed E-state index contributed by atoms with van der Waals surface area (Å²) in [6.45, 7) is 1.06. The minimum Gasteiger partial charge on any atom is -0.497 e. The molecule has 9 heteroatoms. The summed E-state index contributed by atoms with van der Waals surface area (Å²) in [4.78, 5) is 18.9.